The van der Waals surface area contributed by atoms with Crippen LogP contribution in [0.1, 0.15) is 36.2 Å². The van der Waals surface area contributed by atoms with Gasteiger partial charge in [0, 0.05) is 23.4 Å². The fraction of sp³-hybridized carbons (Fsp3) is 0.438. The molecule has 0 bridgehead atoms. The molecular formula is C16H17NO. The number of hydrogen-bond donors (Lipinski definition) is 0. The monoisotopic (exact) mass is 239 g/mol. The summed E-state index contributed by atoms with van der Waals surface area (Å²) in [6.07, 6.45) is 4.85. The van der Waals surface area contributed by atoms with Crippen LogP contribution in [0.15, 0.2) is 30.3 Å². The van der Waals surface area contributed by atoms with E-state index < -0.39 is 0 Å². The molecule has 2 nitrogen and oxygen atoms in total. The predicted octanol–water partition coefficient (Wildman–Crippen LogP) is 3.64. The normalized spacial score (nSPS) is 27.0. The van der Waals surface area contributed by atoms with E-state index in [4.69, 9.17) is 0 Å². The molecule has 2 heteroatoms. The number of carbonyl (C=O) groups is 1. The smallest absolute Gasteiger partial charge is 0.182 e. The lowest BCUT2D eigenvalue weighted by molar-refractivity contribution is 0.0752. The largest absolute Gasteiger partial charge is 0.338 e. The number of fused-ring (bicyclic) bond motifs is 4. The number of carbonyl (C=O) groups excluding carboxylic acids is 1. The van der Waals surface area contributed by atoms with Crippen molar-refractivity contribution in [2.45, 2.75) is 32.2 Å². The van der Waals surface area contributed by atoms with Gasteiger partial charge in [-0.3, -0.25) is 4.79 Å². The lowest BCUT2D eigenvalue weighted by Gasteiger charge is -2.35. The van der Waals surface area contributed by atoms with Crippen LogP contribution in [-0.4, -0.2) is 10.4 Å². The molecule has 2 aliphatic rings. The molecule has 0 amide bonds. The second kappa shape index (κ2) is 3.71. The predicted molar refractivity (Wildman–Crippen MR) is 71.7 cm³/mol. The Balaban J connectivity index is 1.91. The summed E-state index contributed by atoms with van der Waals surface area (Å²) in [5.74, 6) is 1.27. The first kappa shape index (κ1) is 10.4. The first-order chi connectivity index (χ1) is 8.84. The van der Waals surface area contributed by atoms with Crippen molar-refractivity contribution in [1.29, 1.82) is 0 Å². The molecule has 1 aromatic heterocycles. The molecular weight excluding hydrogens is 222 g/mol. The van der Waals surface area contributed by atoms with Gasteiger partial charge in [-0.1, -0.05) is 31.0 Å². The van der Waals surface area contributed by atoms with Gasteiger partial charge in [0.15, 0.2) is 5.78 Å². The Hall–Kier alpha value is -1.57. The molecule has 0 saturated heterocycles. The molecule has 0 radical (unpaired) electrons. The summed E-state index contributed by atoms with van der Waals surface area (Å²) in [7, 11) is 0. The number of Topliss-reactive ketones (excluding diaryl/α,β-unsaturated/α-hetero) is 1. The van der Waals surface area contributed by atoms with E-state index in [1.165, 1.54) is 30.2 Å². The van der Waals surface area contributed by atoms with Crippen molar-refractivity contribution < 1.29 is 4.79 Å². The highest BCUT2D eigenvalue weighted by Crippen LogP contribution is 2.39. The Morgan fingerprint density at radius 3 is 2.89 bits per heavy atom. The summed E-state index contributed by atoms with van der Waals surface area (Å²) in [6.45, 7) is 1.04. The highest BCUT2D eigenvalue weighted by Gasteiger charge is 2.37. The Bertz CT molecular complexity index is 625. The maximum absolute atomic E-state index is 12.6. The van der Waals surface area contributed by atoms with Gasteiger partial charge in [0.1, 0.15) is 0 Å². The molecule has 18 heavy (non-hydrogen) atoms. The number of benzene rings is 1. The van der Waals surface area contributed by atoms with Gasteiger partial charge in [0.25, 0.3) is 0 Å². The summed E-state index contributed by atoms with van der Waals surface area (Å²) in [6, 6.07) is 10.4. The quantitative estimate of drug-likeness (QED) is 0.688. The Morgan fingerprint density at radius 2 is 1.94 bits per heavy atom. The highest BCUT2D eigenvalue weighted by atomic mass is 16.1. The molecule has 2 aromatic rings. The minimum atomic E-state index is 0.301. The van der Waals surface area contributed by atoms with Crippen LogP contribution in [0.25, 0.3) is 10.9 Å². The summed E-state index contributed by atoms with van der Waals surface area (Å²) in [5.41, 5.74) is 2.17. The number of aromatic nitrogens is 1. The topological polar surface area (TPSA) is 22.0 Å². The molecule has 1 aromatic carbocycles. The van der Waals surface area contributed by atoms with E-state index in [2.05, 4.69) is 28.8 Å². The van der Waals surface area contributed by atoms with E-state index in [1.807, 2.05) is 6.07 Å². The summed E-state index contributed by atoms with van der Waals surface area (Å²) in [5, 5.41) is 1.21. The van der Waals surface area contributed by atoms with Gasteiger partial charge in [0.05, 0.1) is 5.69 Å². The van der Waals surface area contributed by atoms with Crippen LogP contribution in [0.3, 0.4) is 0 Å². The third kappa shape index (κ3) is 1.32. The van der Waals surface area contributed by atoms with Crippen molar-refractivity contribution in [3.63, 3.8) is 0 Å². The number of para-hydroxylation sites is 1. The molecule has 1 fully saturated rings. The molecule has 0 unspecified atom stereocenters. The van der Waals surface area contributed by atoms with Crippen molar-refractivity contribution in [3.05, 3.63) is 36.0 Å². The zero-order valence-electron chi connectivity index (χ0n) is 10.4. The average molecular weight is 239 g/mol. The average Bonchev–Trinajstić information content (AvgIpc) is 2.79. The van der Waals surface area contributed by atoms with E-state index in [1.54, 1.807) is 0 Å². The Kier molecular flexibility index (Phi) is 2.14. The van der Waals surface area contributed by atoms with Crippen LogP contribution in [0.5, 0.6) is 0 Å². The van der Waals surface area contributed by atoms with Gasteiger partial charge in [-0.2, -0.15) is 0 Å². The second-order valence-electron chi connectivity index (χ2n) is 5.71. The van der Waals surface area contributed by atoms with Crippen LogP contribution < -0.4 is 0 Å². The highest BCUT2D eigenvalue weighted by molar-refractivity contribution is 6.02. The van der Waals surface area contributed by atoms with Crippen molar-refractivity contribution in [2.75, 3.05) is 0 Å². The van der Waals surface area contributed by atoms with Crippen LogP contribution in [0, 0.1) is 11.8 Å². The zero-order chi connectivity index (χ0) is 12.1. The minimum Gasteiger partial charge on any atom is -0.338 e. The molecule has 92 valence electrons. The molecule has 1 saturated carbocycles. The SMILES string of the molecule is O=C1c2cc3ccccc3n2C[C@@H]2CCCC[C@@H]12. The third-order valence-corrected chi connectivity index (χ3v) is 4.73. The molecule has 4 rings (SSSR count). The fourth-order valence-electron chi connectivity index (χ4n) is 3.81. The number of nitrogens with zero attached hydrogens (tertiary/aromatic N) is 1. The zero-order valence-corrected chi connectivity index (χ0v) is 10.4. The Labute approximate surface area is 107 Å². The van der Waals surface area contributed by atoms with Gasteiger partial charge >= 0.3 is 0 Å². The van der Waals surface area contributed by atoms with E-state index in [0.717, 1.165) is 18.7 Å². The lowest BCUT2D eigenvalue weighted by atomic mass is 9.74. The summed E-state index contributed by atoms with van der Waals surface area (Å²) >= 11 is 0. The molecule has 0 spiro atoms. The maximum Gasteiger partial charge on any atom is 0.182 e. The molecule has 1 aliphatic carbocycles. The maximum atomic E-state index is 12.6. The van der Waals surface area contributed by atoms with Crippen molar-refractivity contribution in [3.8, 4) is 0 Å². The van der Waals surface area contributed by atoms with E-state index in [0.29, 0.717) is 17.6 Å². The second-order valence-corrected chi connectivity index (χ2v) is 5.71. The molecule has 2 heterocycles. The van der Waals surface area contributed by atoms with E-state index >= 15 is 0 Å². The third-order valence-electron chi connectivity index (χ3n) is 4.73. The minimum absolute atomic E-state index is 0.301. The van der Waals surface area contributed by atoms with Crippen molar-refractivity contribution >= 4 is 16.7 Å². The standard InChI is InChI=1S/C16H17NO/c18-16-13-7-3-1-6-12(13)10-17-14-8-4-2-5-11(14)9-15(16)17/h2,4-5,8-9,12-13H,1,3,6-7,10H2/t12-,13+/m0/s1. The molecule has 2 atom stereocenters. The van der Waals surface area contributed by atoms with Crippen LogP contribution in [0.2, 0.25) is 0 Å². The van der Waals surface area contributed by atoms with Gasteiger partial charge < -0.3 is 4.57 Å². The van der Waals surface area contributed by atoms with E-state index in [-0.39, 0.29) is 0 Å². The van der Waals surface area contributed by atoms with Gasteiger partial charge in [-0.05, 0) is 30.9 Å². The fourth-order valence-corrected chi connectivity index (χ4v) is 3.81. The van der Waals surface area contributed by atoms with Crippen LogP contribution >= 0.6 is 0 Å². The van der Waals surface area contributed by atoms with Gasteiger partial charge in [-0.25, -0.2) is 0 Å². The first-order valence-corrected chi connectivity index (χ1v) is 6.97. The number of hydrogen-bond acceptors (Lipinski definition) is 1. The van der Waals surface area contributed by atoms with E-state index in [9.17, 15) is 4.79 Å². The summed E-state index contributed by atoms with van der Waals surface area (Å²) in [4.78, 5) is 12.6. The van der Waals surface area contributed by atoms with Gasteiger partial charge in [0.2, 0.25) is 0 Å². The lowest BCUT2D eigenvalue weighted by Crippen LogP contribution is -2.36. The number of rotatable bonds is 0. The van der Waals surface area contributed by atoms with Crippen LogP contribution in [-0.2, 0) is 6.54 Å². The van der Waals surface area contributed by atoms with Crippen molar-refractivity contribution in [1.82, 2.24) is 4.57 Å². The van der Waals surface area contributed by atoms with Crippen molar-refractivity contribution in [2.24, 2.45) is 11.8 Å². The summed E-state index contributed by atoms with van der Waals surface area (Å²) < 4.78 is 2.25. The first-order valence-electron chi connectivity index (χ1n) is 6.97. The Morgan fingerprint density at radius 1 is 1.11 bits per heavy atom. The molecule has 1 aliphatic heterocycles. The molecule has 0 N–H and O–H groups in total. The number of ketones is 1. The van der Waals surface area contributed by atoms with Crippen LogP contribution in [0.4, 0.5) is 0 Å². The van der Waals surface area contributed by atoms with Gasteiger partial charge in [-0.15, -0.1) is 0 Å².